The average molecular weight is 314 g/mol. The van der Waals surface area contributed by atoms with Crippen molar-refractivity contribution in [2.75, 3.05) is 6.61 Å². The molecule has 0 amide bonds. The van der Waals surface area contributed by atoms with Crippen LogP contribution in [-0.4, -0.2) is 16.5 Å². The summed E-state index contributed by atoms with van der Waals surface area (Å²) in [5.74, 6) is 1.72. The Kier molecular flexibility index (Phi) is 3.84. The minimum absolute atomic E-state index is 0.111. The number of hydrogen-bond donors (Lipinski definition) is 0. The quantitative estimate of drug-likeness (QED) is 0.517. The van der Waals surface area contributed by atoms with Gasteiger partial charge in [0.05, 0.1) is 17.6 Å². The lowest BCUT2D eigenvalue weighted by Gasteiger charge is -2.07. The summed E-state index contributed by atoms with van der Waals surface area (Å²) < 4.78 is 16.3. The molecule has 118 valence electrons. The van der Waals surface area contributed by atoms with Gasteiger partial charge in [0, 0.05) is 13.0 Å². The molecule has 0 saturated carbocycles. The smallest absolute Gasteiger partial charge is 0.315 e. The van der Waals surface area contributed by atoms with Gasteiger partial charge in [0.15, 0.2) is 11.5 Å². The van der Waals surface area contributed by atoms with Gasteiger partial charge in [-0.05, 0) is 31.2 Å². The van der Waals surface area contributed by atoms with Gasteiger partial charge in [0.1, 0.15) is 17.0 Å². The van der Waals surface area contributed by atoms with Crippen LogP contribution in [0.2, 0.25) is 0 Å². The summed E-state index contributed by atoms with van der Waals surface area (Å²) in [5.41, 5.74) is 0.685. The minimum atomic E-state index is -0.513. The van der Waals surface area contributed by atoms with E-state index < -0.39 is 4.92 Å². The standard InChI is InChI=1S/C16H14N2O5/c1-3-21-11-4-6-12(7-5-11)23-16-8-13-15(22-10(2)17-13)9-14(16)18(19)20/h4-9H,3H2,1-2H3. The van der Waals surface area contributed by atoms with Crippen LogP contribution in [-0.2, 0) is 0 Å². The molecule has 0 aliphatic heterocycles. The van der Waals surface area contributed by atoms with Gasteiger partial charge in [-0.15, -0.1) is 0 Å². The van der Waals surface area contributed by atoms with Gasteiger partial charge in [-0.3, -0.25) is 10.1 Å². The highest BCUT2D eigenvalue weighted by Gasteiger charge is 2.20. The fourth-order valence-electron chi connectivity index (χ4n) is 2.18. The highest BCUT2D eigenvalue weighted by molar-refractivity contribution is 5.79. The molecule has 0 bridgehead atoms. The molecule has 3 rings (SSSR count). The molecule has 0 N–H and O–H groups in total. The zero-order chi connectivity index (χ0) is 16.4. The van der Waals surface area contributed by atoms with Gasteiger partial charge >= 0.3 is 5.69 Å². The molecule has 1 heterocycles. The van der Waals surface area contributed by atoms with Crippen LogP contribution >= 0.6 is 0 Å². The first kappa shape index (κ1) is 14.8. The lowest BCUT2D eigenvalue weighted by molar-refractivity contribution is -0.385. The predicted molar refractivity (Wildman–Crippen MR) is 83.1 cm³/mol. The van der Waals surface area contributed by atoms with Crippen LogP contribution in [0.4, 0.5) is 5.69 Å². The SMILES string of the molecule is CCOc1ccc(Oc2cc3nc(C)oc3cc2[N+](=O)[O-])cc1. The molecular weight excluding hydrogens is 300 g/mol. The van der Waals surface area contributed by atoms with Crippen LogP contribution in [0.25, 0.3) is 11.1 Å². The number of aromatic nitrogens is 1. The Morgan fingerprint density at radius 1 is 1.22 bits per heavy atom. The topological polar surface area (TPSA) is 87.6 Å². The number of hydrogen-bond acceptors (Lipinski definition) is 6. The first-order valence-electron chi connectivity index (χ1n) is 7.03. The van der Waals surface area contributed by atoms with Crippen molar-refractivity contribution < 1.29 is 18.8 Å². The van der Waals surface area contributed by atoms with Crippen molar-refractivity contribution in [1.82, 2.24) is 4.98 Å². The zero-order valence-electron chi connectivity index (χ0n) is 12.6. The first-order chi connectivity index (χ1) is 11.1. The van der Waals surface area contributed by atoms with E-state index in [9.17, 15) is 10.1 Å². The van der Waals surface area contributed by atoms with Crippen LogP contribution in [0.1, 0.15) is 12.8 Å². The number of benzene rings is 2. The van der Waals surface area contributed by atoms with E-state index >= 15 is 0 Å². The van der Waals surface area contributed by atoms with E-state index in [1.807, 2.05) is 6.92 Å². The molecule has 0 atom stereocenters. The normalized spacial score (nSPS) is 10.7. The Bertz CT molecular complexity index is 855. The molecule has 0 unspecified atom stereocenters. The van der Waals surface area contributed by atoms with E-state index in [4.69, 9.17) is 13.9 Å². The third-order valence-corrected chi connectivity index (χ3v) is 3.14. The van der Waals surface area contributed by atoms with Gasteiger partial charge in [-0.25, -0.2) is 4.98 Å². The van der Waals surface area contributed by atoms with Crippen molar-refractivity contribution in [1.29, 1.82) is 0 Å². The molecule has 0 spiro atoms. The molecule has 23 heavy (non-hydrogen) atoms. The number of fused-ring (bicyclic) bond motifs is 1. The minimum Gasteiger partial charge on any atom is -0.494 e. The summed E-state index contributed by atoms with van der Waals surface area (Å²) in [6.07, 6.45) is 0. The molecule has 0 radical (unpaired) electrons. The molecule has 0 fully saturated rings. The van der Waals surface area contributed by atoms with Crippen molar-refractivity contribution in [3.63, 3.8) is 0 Å². The molecule has 2 aromatic carbocycles. The van der Waals surface area contributed by atoms with E-state index in [1.165, 1.54) is 12.1 Å². The van der Waals surface area contributed by atoms with Crippen molar-refractivity contribution in [2.45, 2.75) is 13.8 Å². The lowest BCUT2D eigenvalue weighted by Crippen LogP contribution is -1.94. The van der Waals surface area contributed by atoms with Crippen molar-refractivity contribution >= 4 is 16.8 Å². The second-order valence-electron chi connectivity index (χ2n) is 4.78. The highest BCUT2D eigenvalue weighted by Crippen LogP contribution is 2.35. The van der Waals surface area contributed by atoms with Crippen molar-refractivity contribution in [2.24, 2.45) is 0 Å². The van der Waals surface area contributed by atoms with Gasteiger partial charge in [-0.2, -0.15) is 0 Å². The molecule has 0 aliphatic carbocycles. The second kappa shape index (κ2) is 5.96. The van der Waals surface area contributed by atoms with Gasteiger partial charge in [-0.1, -0.05) is 0 Å². The third kappa shape index (κ3) is 3.08. The van der Waals surface area contributed by atoms with Gasteiger partial charge < -0.3 is 13.9 Å². The third-order valence-electron chi connectivity index (χ3n) is 3.14. The lowest BCUT2D eigenvalue weighted by atomic mass is 10.2. The van der Waals surface area contributed by atoms with Crippen LogP contribution in [0, 0.1) is 17.0 Å². The highest BCUT2D eigenvalue weighted by atomic mass is 16.6. The van der Waals surface area contributed by atoms with Gasteiger partial charge in [0.2, 0.25) is 5.75 Å². The fraction of sp³-hybridized carbons (Fsp3) is 0.188. The number of nitro benzene ring substituents is 1. The maximum Gasteiger partial charge on any atom is 0.315 e. The number of aryl methyl sites for hydroxylation is 1. The molecule has 7 heteroatoms. The monoisotopic (exact) mass is 314 g/mol. The van der Waals surface area contributed by atoms with Crippen LogP contribution in [0.5, 0.6) is 17.2 Å². The summed E-state index contributed by atoms with van der Waals surface area (Å²) >= 11 is 0. The van der Waals surface area contributed by atoms with E-state index in [2.05, 4.69) is 4.98 Å². The Morgan fingerprint density at radius 2 is 1.91 bits per heavy atom. The summed E-state index contributed by atoms with van der Waals surface area (Å²) in [7, 11) is 0. The van der Waals surface area contributed by atoms with E-state index in [0.717, 1.165) is 0 Å². The van der Waals surface area contributed by atoms with Crippen LogP contribution in [0.3, 0.4) is 0 Å². The average Bonchev–Trinajstić information content (AvgIpc) is 2.87. The Morgan fingerprint density at radius 3 is 2.57 bits per heavy atom. The van der Waals surface area contributed by atoms with Crippen molar-refractivity contribution in [3.05, 3.63) is 52.4 Å². The maximum atomic E-state index is 11.2. The molecule has 3 aromatic rings. The number of nitro groups is 1. The number of rotatable bonds is 5. The van der Waals surface area contributed by atoms with Crippen LogP contribution in [0.15, 0.2) is 40.8 Å². The number of nitrogens with zero attached hydrogens (tertiary/aromatic N) is 2. The maximum absolute atomic E-state index is 11.2. The largest absolute Gasteiger partial charge is 0.494 e. The summed E-state index contributed by atoms with van der Waals surface area (Å²) in [5, 5.41) is 11.2. The molecule has 1 aromatic heterocycles. The van der Waals surface area contributed by atoms with E-state index in [0.29, 0.717) is 35.1 Å². The number of ether oxygens (including phenoxy) is 2. The first-order valence-corrected chi connectivity index (χ1v) is 7.03. The summed E-state index contributed by atoms with van der Waals surface area (Å²) in [4.78, 5) is 14.9. The Hall–Kier alpha value is -3.09. The van der Waals surface area contributed by atoms with Crippen LogP contribution < -0.4 is 9.47 Å². The van der Waals surface area contributed by atoms with Crippen molar-refractivity contribution in [3.8, 4) is 17.2 Å². The number of oxazole rings is 1. The molecular formula is C16H14N2O5. The molecule has 7 nitrogen and oxygen atoms in total. The predicted octanol–water partition coefficient (Wildman–Crippen LogP) is 4.24. The zero-order valence-corrected chi connectivity index (χ0v) is 12.6. The second-order valence-corrected chi connectivity index (χ2v) is 4.78. The van der Waals surface area contributed by atoms with Gasteiger partial charge in [0.25, 0.3) is 0 Å². The molecule has 0 aliphatic rings. The Balaban J connectivity index is 1.97. The van der Waals surface area contributed by atoms with E-state index in [1.54, 1.807) is 31.2 Å². The molecule has 0 saturated heterocycles. The Labute approximate surface area is 131 Å². The van der Waals surface area contributed by atoms with E-state index in [-0.39, 0.29) is 11.4 Å². The fourth-order valence-corrected chi connectivity index (χ4v) is 2.18. The summed E-state index contributed by atoms with van der Waals surface area (Å²) in [6, 6.07) is 9.67. The summed E-state index contributed by atoms with van der Waals surface area (Å²) in [6.45, 7) is 4.13.